The highest BCUT2D eigenvalue weighted by molar-refractivity contribution is 5.89. The molecule has 2 heterocycles. The lowest BCUT2D eigenvalue weighted by atomic mass is 10.2. The van der Waals surface area contributed by atoms with Crippen LogP contribution in [0.4, 0.5) is 16.2 Å². The fourth-order valence-corrected chi connectivity index (χ4v) is 3.45. The van der Waals surface area contributed by atoms with Crippen LogP contribution in [0.2, 0.25) is 0 Å². The summed E-state index contributed by atoms with van der Waals surface area (Å²) in [5.74, 6) is 0. The van der Waals surface area contributed by atoms with Crippen LogP contribution in [0.25, 0.3) is 0 Å². The van der Waals surface area contributed by atoms with Crippen LogP contribution in [0, 0.1) is 0 Å². The quantitative estimate of drug-likeness (QED) is 0.886. The number of hydrogen-bond acceptors (Lipinski definition) is 4. The van der Waals surface area contributed by atoms with Crippen LogP contribution in [0.15, 0.2) is 24.3 Å². The van der Waals surface area contributed by atoms with Gasteiger partial charge < -0.3 is 20.0 Å². The van der Waals surface area contributed by atoms with E-state index in [0.29, 0.717) is 0 Å². The maximum Gasteiger partial charge on any atom is 0.321 e. The van der Waals surface area contributed by atoms with Crippen molar-refractivity contribution in [3.8, 4) is 0 Å². The zero-order chi connectivity index (χ0) is 17.6. The molecule has 0 aliphatic carbocycles. The highest BCUT2D eigenvalue weighted by Crippen LogP contribution is 2.22. The summed E-state index contributed by atoms with van der Waals surface area (Å²) >= 11 is 0. The molecular formula is C19H31N5O. The molecule has 0 atom stereocenters. The number of rotatable bonds is 5. The number of benzene rings is 1. The van der Waals surface area contributed by atoms with Crippen LogP contribution < -0.4 is 10.2 Å². The summed E-state index contributed by atoms with van der Waals surface area (Å²) in [6, 6.07) is 8.26. The molecule has 2 aliphatic rings. The van der Waals surface area contributed by atoms with Gasteiger partial charge in [0.15, 0.2) is 0 Å². The zero-order valence-corrected chi connectivity index (χ0v) is 15.6. The van der Waals surface area contributed by atoms with Crippen molar-refractivity contribution in [2.75, 3.05) is 76.7 Å². The fraction of sp³-hybridized carbons (Fsp3) is 0.632. The van der Waals surface area contributed by atoms with E-state index in [1.165, 1.54) is 18.5 Å². The highest BCUT2D eigenvalue weighted by Gasteiger charge is 2.21. The topological polar surface area (TPSA) is 42.1 Å². The number of carbonyl (C=O) groups excluding carboxylic acids is 1. The second-order valence-electron chi connectivity index (χ2n) is 7.30. The van der Waals surface area contributed by atoms with Crippen LogP contribution in [0.1, 0.15) is 12.8 Å². The van der Waals surface area contributed by atoms with Gasteiger partial charge in [-0.3, -0.25) is 4.90 Å². The predicted octanol–water partition coefficient (Wildman–Crippen LogP) is 2.00. The Morgan fingerprint density at radius 3 is 2.24 bits per heavy atom. The van der Waals surface area contributed by atoms with E-state index in [1.54, 1.807) is 0 Å². The molecule has 0 unspecified atom stereocenters. The van der Waals surface area contributed by atoms with Gasteiger partial charge in [-0.25, -0.2) is 4.79 Å². The van der Waals surface area contributed by atoms with Gasteiger partial charge in [-0.15, -0.1) is 0 Å². The second-order valence-corrected chi connectivity index (χ2v) is 7.30. The highest BCUT2D eigenvalue weighted by atomic mass is 16.2. The lowest BCUT2D eigenvalue weighted by molar-refractivity contribution is 0.140. The Hall–Kier alpha value is -1.79. The van der Waals surface area contributed by atoms with Crippen molar-refractivity contribution in [1.29, 1.82) is 0 Å². The molecule has 0 bridgehead atoms. The lowest BCUT2D eigenvalue weighted by Gasteiger charge is -2.35. The molecule has 2 fully saturated rings. The number of carbonyl (C=O) groups is 1. The second kappa shape index (κ2) is 8.54. The summed E-state index contributed by atoms with van der Waals surface area (Å²) in [5.41, 5.74) is 2.13. The Morgan fingerprint density at radius 1 is 1.00 bits per heavy atom. The molecule has 6 heteroatoms. The number of likely N-dealkylation sites (N-methyl/N-ethyl adjacent to an activating group) is 1. The first-order valence-corrected chi connectivity index (χ1v) is 9.40. The van der Waals surface area contributed by atoms with Crippen molar-refractivity contribution in [2.45, 2.75) is 12.8 Å². The minimum Gasteiger partial charge on any atom is -0.372 e. The van der Waals surface area contributed by atoms with Gasteiger partial charge in [-0.2, -0.15) is 0 Å². The summed E-state index contributed by atoms with van der Waals surface area (Å²) < 4.78 is 0. The molecule has 6 nitrogen and oxygen atoms in total. The standard InChI is InChI=1S/C19H31N5O/c1-21(2)11-12-22-13-15-24(16-14-22)19(25)20-17-5-7-18(8-6-17)23-9-3-4-10-23/h5-8H,3-4,9-16H2,1-2H3,(H,20,25). The molecule has 1 aromatic carbocycles. The molecule has 138 valence electrons. The summed E-state index contributed by atoms with van der Waals surface area (Å²) in [6.45, 7) is 7.92. The van der Waals surface area contributed by atoms with Gasteiger partial charge in [-0.05, 0) is 51.2 Å². The number of hydrogen-bond donors (Lipinski definition) is 1. The number of nitrogens with zero attached hydrogens (tertiary/aromatic N) is 4. The van der Waals surface area contributed by atoms with Crippen LogP contribution in [0.5, 0.6) is 0 Å². The molecule has 3 rings (SSSR count). The van der Waals surface area contributed by atoms with Gasteiger partial charge in [0.1, 0.15) is 0 Å². The van der Waals surface area contributed by atoms with E-state index in [9.17, 15) is 4.79 Å². The van der Waals surface area contributed by atoms with Gasteiger partial charge in [0.25, 0.3) is 0 Å². The van der Waals surface area contributed by atoms with E-state index >= 15 is 0 Å². The number of nitrogens with one attached hydrogen (secondary N) is 1. The molecule has 25 heavy (non-hydrogen) atoms. The molecule has 0 saturated carbocycles. The molecular weight excluding hydrogens is 314 g/mol. The van der Waals surface area contributed by atoms with E-state index < -0.39 is 0 Å². The van der Waals surface area contributed by atoms with Crippen LogP contribution in [-0.2, 0) is 0 Å². The van der Waals surface area contributed by atoms with Gasteiger partial charge in [0, 0.05) is 63.7 Å². The zero-order valence-electron chi connectivity index (χ0n) is 15.6. The molecule has 0 radical (unpaired) electrons. The smallest absolute Gasteiger partial charge is 0.321 e. The van der Waals surface area contributed by atoms with Crippen LogP contribution in [0.3, 0.4) is 0 Å². The first-order chi connectivity index (χ1) is 12.1. The maximum atomic E-state index is 12.5. The number of amides is 2. The average Bonchev–Trinajstić information content (AvgIpc) is 3.15. The Balaban J connectivity index is 1.44. The molecule has 2 amide bonds. The summed E-state index contributed by atoms with van der Waals surface area (Å²) in [4.78, 5) is 21.4. The molecule has 0 aromatic heterocycles. The largest absolute Gasteiger partial charge is 0.372 e. The normalized spacial score (nSPS) is 18.8. The number of anilines is 2. The third-order valence-electron chi connectivity index (χ3n) is 5.11. The lowest BCUT2D eigenvalue weighted by Crippen LogP contribution is -2.51. The summed E-state index contributed by atoms with van der Waals surface area (Å²) in [7, 11) is 4.19. The van der Waals surface area contributed by atoms with Gasteiger partial charge >= 0.3 is 6.03 Å². The SMILES string of the molecule is CN(C)CCN1CCN(C(=O)Nc2ccc(N3CCCC3)cc2)CC1. The molecule has 1 N–H and O–H groups in total. The summed E-state index contributed by atoms with van der Waals surface area (Å²) in [6.07, 6.45) is 2.55. The van der Waals surface area contributed by atoms with Gasteiger partial charge in [0.2, 0.25) is 0 Å². The van der Waals surface area contributed by atoms with Crippen molar-refractivity contribution in [2.24, 2.45) is 0 Å². The first kappa shape index (κ1) is 18.0. The van der Waals surface area contributed by atoms with E-state index in [2.05, 4.69) is 46.2 Å². The molecule has 2 saturated heterocycles. The Bertz CT molecular complexity index is 545. The predicted molar refractivity (Wildman–Crippen MR) is 103 cm³/mol. The summed E-state index contributed by atoms with van der Waals surface area (Å²) in [5, 5.41) is 3.04. The molecule has 2 aliphatic heterocycles. The van der Waals surface area contributed by atoms with Gasteiger partial charge in [0.05, 0.1) is 0 Å². The van der Waals surface area contributed by atoms with E-state index in [1.807, 2.05) is 17.0 Å². The first-order valence-electron chi connectivity index (χ1n) is 9.40. The third-order valence-corrected chi connectivity index (χ3v) is 5.11. The van der Waals surface area contributed by atoms with E-state index in [-0.39, 0.29) is 6.03 Å². The van der Waals surface area contributed by atoms with Crippen molar-refractivity contribution in [1.82, 2.24) is 14.7 Å². The van der Waals surface area contributed by atoms with E-state index in [0.717, 1.165) is 58.0 Å². The number of urea groups is 1. The van der Waals surface area contributed by atoms with Crippen molar-refractivity contribution in [3.05, 3.63) is 24.3 Å². The molecule has 1 aromatic rings. The Morgan fingerprint density at radius 2 is 1.64 bits per heavy atom. The maximum absolute atomic E-state index is 12.5. The number of piperazine rings is 1. The van der Waals surface area contributed by atoms with E-state index in [4.69, 9.17) is 0 Å². The van der Waals surface area contributed by atoms with Crippen molar-refractivity contribution < 1.29 is 4.79 Å². The van der Waals surface area contributed by atoms with Crippen LogP contribution >= 0.6 is 0 Å². The van der Waals surface area contributed by atoms with Gasteiger partial charge in [-0.1, -0.05) is 0 Å². The monoisotopic (exact) mass is 345 g/mol. The van der Waals surface area contributed by atoms with Crippen LogP contribution in [-0.4, -0.2) is 87.2 Å². The Labute approximate surface area is 151 Å². The minimum atomic E-state index is 0.0150. The average molecular weight is 345 g/mol. The van der Waals surface area contributed by atoms with Crippen molar-refractivity contribution >= 4 is 17.4 Å². The van der Waals surface area contributed by atoms with Crippen molar-refractivity contribution in [3.63, 3.8) is 0 Å². The molecule has 0 spiro atoms. The third kappa shape index (κ3) is 5.09. The Kier molecular flexibility index (Phi) is 6.15. The minimum absolute atomic E-state index is 0.0150. The fourth-order valence-electron chi connectivity index (χ4n) is 3.45.